The van der Waals surface area contributed by atoms with E-state index in [9.17, 15) is 14.9 Å². The maximum atomic E-state index is 12.7. The van der Waals surface area contributed by atoms with Crippen molar-refractivity contribution >= 4 is 23.4 Å². The van der Waals surface area contributed by atoms with E-state index in [1.54, 1.807) is 11.0 Å². The third-order valence-electron chi connectivity index (χ3n) is 5.85. The molecule has 1 amide bonds. The Hall–Kier alpha value is -3.39. The second-order valence-corrected chi connectivity index (χ2v) is 7.76. The van der Waals surface area contributed by atoms with Crippen LogP contribution in [0.1, 0.15) is 22.3 Å². The number of hydrogen-bond acceptors (Lipinski definition) is 6. The predicted octanol–water partition coefficient (Wildman–Crippen LogP) is 3.44. The molecule has 0 bridgehead atoms. The molecule has 0 saturated carbocycles. The van der Waals surface area contributed by atoms with Crippen LogP contribution in [0, 0.1) is 24.0 Å². The number of anilines is 1. The molecular formula is C23H25N3O5. The second-order valence-electron chi connectivity index (χ2n) is 7.76. The fourth-order valence-corrected chi connectivity index (χ4v) is 3.97. The molecule has 0 spiro atoms. The van der Waals surface area contributed by atoms with Crippen LogP contribution in [0.5, 0.6) is 5.75 Å². The molecule has 0 N–H and O–H groups in total. The fourth-order valence-electron chi connectivity index (χ4n) is 3.97. The molecule has 0 atom stereocenters. The number of carbonyl (C=O) groups is 1. The lowest BCUT2D eigenvalue weighted by molar-refractivity contribution is -0.385. The standard InChI is InChI=1S/C23H25N3O5/c1-16-4-3-5-21(17(16)2)24-8-10-25(11-9-24)22(27)7-6-18-12-20(26(28)29)13-19-14-30-15-31-23(18)19/h3-7,12-13H,8-11,14-15H2,1-2H3/b7-6+. The lowest BCUT2D eigenvalue weighted by Gasteiger charge is -2.36. The summed E-state index contributed by atoms with van der Waals surface area (Å²) in [5, 5.41) is 11.2. The number of rotatable bonds is 4. The average molecular weight is 423 g/mol. The molecule has 2 aliphatic heterocycles. The molecule has 2 aliphatic rings. The highest BCUT2D eigenvalue weighted by Crippen LogP contribution is 2.33. The van der Waals surface area contributed by atoms with Crippen LogP contribution in [0.2, 0.25) is 0 Å². The van der Waals surface area contributed by atoms with E-state index < -0.39 is 4.92 Å². The van der Waals surface area contributed by atoms with Crippen molar-refractivity contribution in [3.8, 4) is 5.75 Å². The minimum Gasteiger partial charge on any atom is -0.467 e. The maximum absolute atomic E-state index is 12.7. The van der Waals surface area contributed by atoms with Gasteiger partial charge in [0.05, 0.1) is 11.5 Å². The van der Waals surface area contributed by atoms with Gasteiger partial charge in [0.2, 0.25) is 5.91 Å². The van der Waals surface area contributed by atoms with Gasteiger partial charge in [-0.15, -0.1) is 0 Å². The molecule has 0 aliphatic carbocycles. The van der Waals surface area contributed by atoms with Crippen LogP contribution in [-0.2, 0) is 16.1 Å². The van der Waals surface area contributed by atoms with Crippen molar-refractivity contribution in [3.63, 3.8) is 0 Å². The SMILES string of the molecule is Cc1cccc(N2CCN(C(=O)/C=C/c3cc([N+](=O)[O-])cc4c3OCOC4)CC2)c1C. The van der Waals surface area contributed by atoms with Gasteiger partial charge in [-0.25, -0.2) is 0 Å². The zero-order valence-electron chi connectivity index (χ0n) is 17.7. The van der Waals surface area contributed by atoms with Crippen molar-refractivity contribution in [3.05, 3.63) is 68.8 Å². The van der Waals surface area contributed by atoms with Gasteiger partial charge in [-0.1, -0.05) is 12.1 Å². The number of piperazine rings is 1. The summed E-state index contributed by atoms with van der Waals surface area (Å²) in [6.45, 7) is 7.31. The molecule has 1 fully saturated rings. The number of benzene rings is 2. The fraction of sp³-hybridized carbons (Fsp3) is 0.348. The lowest BCUT2D eigenvalue weighted by atomic mass is 10.1. The molecule has 162 valence electrons. The first-order valence-electron chi connectivity index (χ1n) is 10.2. The summed E-state index contributed by atoms with van der Waals surface area (Å²) < 4.78 is 10.7. The number of non-ortho nitro benzene ring substituents is 1. The van der Waals surface area contributed by atoms with Gasteiger partial charge in [-0.2, -0.15) is 0 Å². The molecule has 4 rings (SSSR count). The van der Waals surface area contributed by atoms with Gasteiger partial charge in [-0.05, 0) is 37.1 Å². The third kappa shape index (κ3) is 4.39. The first-order valence-corrected chi connectivity index (χ1v) is 10.2. The molecule has 8 nitrogen and oxygen atoms in total. The molecule has 2 aromatic rings. The van der Waals surface area contributed by atoms with Crippen LogP contribution in [0.4, 0.5) is 11.4 Å². The Morgan fingerprint density at radius 1 is 1.16 bits per heavy atom. The van der Waals surface area contributed by atoms with Crippen molar-refractivity contribution < 1.29 is 19.2 Å². The molecule has 2 heterocycles. The van der Waals surface area contributed by atoms with Crippen LogP contribution >= 0.6 is 0 Å². The average Bonchev–Trinajstić information content (AvgIpc) is 2.79. The van der Waals surface area contributed by atoms with Crippen LogP contribution in [0.3, 0.4) is 0 Å². The van der Waals surface area contributed by atoms with E-state index in [1.165, 1.54) is 35.0 Å². The molecule has 0 aromatic heterocycles. The van der Waals surface area contributed by atoms with E-state index in [0.29, 0.717) is 30.0 Å². The Bertz CT molecular complexity index is 1040. The lowest BCUT2D eigenvalue weighted by Crippen LogP contribution is -2.48. The van der Waals surface area contributed by atoms with Gasteiger partial charge < -0.3 is 19.3 Å². The van der Waals surface area contributed by atoms with Crippen molar-refractivity contribution in [1.82, 2.24) is 4.90 Å². The number of nitrogens with zero attached hydrogens (tertiary/aromatic N) is 3. The smallest absolute Gasteiger partial charge is 0.270 e. The Labute approximate surface area is 180 Å². The molecule has 1 saturated heterocycles. The van der Waals surface area contributed by atoms with Crippen LogP contribution in [0.25, 0.3) is 6.08 Å². The largest absolute Gasteiger partial charge is 0.467 e. The van der Waals surface area contributed by atoms with Gasteiger partial charge in [0.1, 0.15) is 5.75 Å². The van der Waals surface area contributed by atoms with Crippen molar-refractivity contribution in [2.24, 2.45) is 0 Å². The van der Waals surface area contributed by atoms with E-state index in [-0.39, 0.29) is 25.0 Å². The van der Waals surface area contributed by atoms with Gasteiger partial charge in [0, 0.05) is 61.2 Å². The van der Waals surface area contributed by atoms with E-state index in [2.05, 4.69) is 36.9 Å². The van der Waals surface area contributed by atoms with E-state index in [0.717, 1.165) is 13.1 Å². The molecular weight excluding hydrogens is 398 g/mol. The van der Waals surface area contributed by atoms with Crippen LogP contribution < -0.4 is 9.64 Å². The summed E-state index contributed by atoms with van der Waals surface area (Å²) in [4.78, 5) is 27.6. The van der Waals surface area contributed by atoms with E-state index in [4.69, 9.17) is 9.47 Å². The summed E-state index contributed by atoms with van der Waals surface area (Å²) in [6.07, 6.45) is 3.06. The molecule has 0 unspecified atom stereocenters. The highest BCUT2D eigenvalue weighted by Gasteiger charge is 2.22. The minimum absolute atomic E-state index is 0.0536. The summed E-state index contributed by atoms with van der Waals surface area (Å²) in [5.41, 5.74) is 4.80. The number of aryl methyl sites for hydroxylation is 1. The Balaban J connectivity index is 1.45. The van der Waals surface area contributed by atoms with E-state index in [1.807, 2.05) is 0 Å². The van der Waals surface area contributed by atoms with Crippen LogP contribution in [-0.4, -0.2) is 48.7 Å². The number of amides is 1. The number of nitro benzene ring substituents is 1. The summed E-state index contributed by atoms with van der Waals surface area (Å²) in [6, 6.07) is 9.15. The number of carbonyl (C=O) groups excluding carboxylic acids is 1. The topological polar surface area (TPSA) is 85.2 Å². The summed E-state index contributed by atoms with van der Waals surface area (Å²) >= 11 is 0. The molecule has 0 radical (unpaired) electrons. The van der Waals surface area contributed by atoms with Gasteiger partial charge >= 0.3 is 0 Å². The number of nitro groups is 1. The monoisotopic (exact) mass is 423 g/mol. The van der Waals surface area contributed by atoms with Crippen molar-refractivity contribution in [1.29, 1.82) is 0 Å². The summed E-state index contributed by atoms with van der Waals surface area (Å²) in [5.74, 6) is 0.411. The number of ether oxygens (including phenoxy) is 2. The van der Waals surface area contributed by atoms with Gasteiger partial charge in [0.25, 0.3) is 5.69 Å². The van der Waals surface area contributed by atoms with Crippen molar-refractivity contribution in [2.45, 2.75) is 20.5 Å². The molecule has 8 heteroatoms. The quantitative estimate of drug-likeness (QED) is 0.425. The zero-order chi connectivity index (χ0) is 22.0. The molecule has 31 heavy (non-hydrogen) atoms. The Kier molecular flexibility index (Phi) is 5.90. The first kappa shape index (κ1) is 20.9. The minimum atomic E-state index is -0.458. The van der Waals surface area contributed by atoms with E-state index >= 15 is 0 Å². The first-order chi connectivity index (χ1) is 14.9. The zero-order valence-corrected chi connectivity index (χ0v) is 17.7. The highest BCUT2D eigenvalue weighted by atomic mass is 16.7. The number of fused-ring (bicyclic) bond motifs is 1. The van der Waals surface area contributed by atoms with Crippen molar-refractivity contribution in [2.75, 3.05) is 37.9 Å². The Morgan fingerprint density at radius 3 is 2.68 bits per heavy atom. The number of hydrogen-bond donors (Lipinski definition) is 0. The third-order valence-corrected chi connectivity index (χ3v) is 5.85. The molecule has 2 aromatic carbocycles. The predicted molar refractivity (Wildman–Crippen MR) is 117 cm³/mol. The highest BCUT2D eigenvalue weighted by molar-refractivity contribution is 5.92. The second kappa shape index (κ2) is 8.77. The Morgan fingerprint density at radius 2 is 1.94 bits per heavy atom. The van der Waals surface area contributed by atoms with Crippen LogP contribution in [0.15, 0.2) is 36.4 Å². The van der Waals surface area contributed by atoms with Gasteiger partial charge in [0.15, 0.2) is 6.79 Å². The normalized spacial score (nSPS) is 16.2. The summed E-state index contributed by atoms with van der Waals surface area (Å²) in [7, 11) is 0. The maximum Gasteiger partial charge on any atom is 0.270 e. The van der Waals surface area contributed by atoms with Gasteiger partial charge in [-0.3, -0.25) is 14.9 Å².